The maximum atomic E-state index is 2.53. The molecule has 31 heavy (non-hydrogen) atoms. The summed E-state index contributed by atoms with van der Waals surface area (Å²) in [6.45, 7) is 5.03. The van der Waals surface area contributed by atoms with Gasteiger partial charge in [-0.15, -0.1) is 11.8 Å². The summed E-state index contributed by atoms with van der Waals surface area (Å²) in [5.41, 5.74) is 4.60. The van der Waals surface area contributed by atoms with E-state index in [0.29, 0.717) is 4.75 Å². The lowest BCUT2D eigenvalue weighted by molar-refractivity contribution is 0.260. The number of benzene rings is 5. The SMILES string of the molecule is CC12CCCCC1(C)c1cc(-c3ccc4ccc5cccc6ccc3c4c56)ccc1S2. The highest BCUT2D eigenvalue weighted by Crippen LogP contribution is 2.63. The molecule has 1 aliphatic heterocycles. The van der Waals surface area contributed by atoms with Gasteiger partial charge in [-0.05, 0) is 80.9 Å². The van der Waals surface area contributed by atoms with Crippen molar-refractivity contribution in [1.29, 1.82) is 0 Å². The molecule has 0 saturated heterocycles. The lowest BCUT2D eigenvalue weighted by atomic mass is 9.64. The van der Waals surface area contributed by atoms with E-state index >= 15 is 0 Å². The minimum absolute atomic E-state index is 0.283. The summed E-state index contributed by atoms with van der Waals surface area (Å²) in [6.07, 6.45) is 5.37. The van der Waals surface area contributed by atoms with Gasteiger partial charge in [-0.1, -0.05) is 80.4 Å². The van der Waals surface area contributed by atoms with E-state index in [4.69, 9.17) is 0 Å². The third kappa shape index (κ3) is 2.28. The van der Waals surface area contributed by atoms with E-state index in [9.17, 15) is 0 Å². The first-order valence-electron chi connectivity index (χ1n) is 11.6. The van der Waals surface area contributed by atoms with Gasteiger partial charge in [0, 0.05) is 15.1 Å². The first-order chi connectivity index (χ1) is 15.1. The Balaban J connectivity index is 1.49. The average molecular weight is 419 g/mol. The van der Waals surface area contributed by atoms with Crippen molar-refractivity contribution in [3.05, 3.63) is 78.4 Å². The molecule has 2 unspecified atom stereocenters. The average Bonchev–Trinajstić information content (AvgIpc) is 3.04. The van der Waals surface area contributed by atoms with Gasteiger partial charge in [0.2, 0.25) is 0 Å². The second kappa shape index (κ2) is 6.04. The molecule has 2 atom stereocenters. The summed E-state index contributed by atoms with van der Waals surface area (Å²) in [6, 6.07) is 27.8. The highest BCUT2D eigenvalue weighted by Gasteiger charge is 2.53. The summed E-state index contributed by atoms with van der Waals surface area (Å²) in [7, 11) is 0. The number of hydrogen-bond acceptors (Lipinski definition) is 1. The third-order valence-electron chi connectivity index (χ3n) is 8.50. The molecule has 0 amide bonds. The van der Waals surface area contributed by atoms with E-state index in [0.717, 1.165) is 0 Å². The third-order valence-corrected chi connectivity index (χ3v) is 10.2. The van der Waals surface area contributed by atoms with Gasteiger partial charge in [0.1, 0.15) is 0 Å². The van der Waals surface area contributed by atoms with Crippen LogP contribution in [0.15, 0.2) is 77.7 Å². The molecule has 5 aromatic rings. The van der Waals surface area contributed by atoms with E-state index in [1.165, 1.54) is 74.0 Å². The fraction of sp³-hybridized carbons (Fsp3) is 0.267. The summed E-state index contributed by atoms with van der Waals surface area (Å²) in [4.78, 5) is 1.51. The van der Waals surface area contributed by atoms with Crippen molar-refractivity contribution in [2.24, 2.45) is 0 Å². The van der Waals surface area contributed by atoms with Crippen LogP contribution in [0.2, 0.25) is 0 Å². The van der Waals surface area contributed by atoms with Crippen molar-refractivity contribution in [1.82, 2.24) is 0 Å². The molecule has 1 fully saturated rings. The fourth-order valence-corrected chi connectivity index (χ4v) is 8.21. The van der Waals surface area contributed by atoms with Crippen LogP contribution in [-0.2, 0) is 5.41 Å². The van der Waals surface area contributed by atoms with Crippen LogP contribution in [0.25, 0.3) is 43.4 Å². The molecule has 152 valence electrons. The van der Waals surface area contributed by atoms with Crippen molar-refractivity contribution in [3.8, 4) is 11.1 Å². The van der Waals surface area contributed by atoms with Crippen molar-refractivity contribution < 1.29 is 0 Å². The molecule has 5 aromatic carbocycles. The Bertz CT molecular complexity index is 1480. The molecule has 7 rings (SSSR count). The Morgan fingerprint density at radius 3 is 2.26 bits per heavy atom. The van der Waals surface area contributed by atoms with Crippen LogP contribution >= 0.6 is 11.8 Å². The number of thioether (sulfide) groups is 1. The van der Waals surface area contributed by atoms with Crippen molar-refractivity contribution in [2.45, 2.75) is 54.6 Å². The quantitative estimate of drug-likeness (QED) is 0.245. The van der Waals surface area contributed by atoms with Crippen LogP contribution < -0.4 is 0 Å². The second-order valence-electron chi connectivity index (χ2n) is 10.1. The number of fused-ring (bicyclic) bond motifs is 3. The van der Waals surface area contributed by atoms with Gasteiger partial charge in [-0.2, -0.15) is 0 Å². The molecule has 0 nitrogen and oxygen atoms in total. The van der Waals surface area contributed by atoms with Crippen LogP contribution in [0.4, 0.5) is 0 Å². The molecule has 0 spiro atoms. The zero-order valence-electron chi connectivity index (χ0n) is 18.2. The molecule has 0 N–H and O–H groups in total. The summed E-state index contributed by atoms with van der Waals surface area (Å²) < 4.78 is 0.342. The van der Waals surface area contributed by atoms with Crippen LogP contribution in [-0.4, -0.2) is 4.75 Å². The predicted octanol–water partition coefficient (Wildman–Crippen LogP) is 8.95. The summed E-state index contributed by atoms with van der Waals surface area (Å²) in [5, 5.41) is 8.21. The Morgan fingerprint density at radius 1 is 0.710 bits per heavy atom. The normalized spacial score (nSPS) is 25.4. The Kier molecular flexibility index (Phi) is 3.53. The van der Waals surface area contributed by atoms with Gasteiger partial charge in [0.05, 0.1) is 0 Å². The minimum Gasteiger partial charge on any atom is -0.118 e. The van der Waals surface area contributed by atoms with E-state index in [2.05, 4.69) is 98.4 Å². The van der Waals surface area contributed by atoms with Crippen LogP contribution in [0.5, 0.6) is 0 Å². The fourth-order valence-electron chi connectivity index (χ4n) is 6.51. The maximum absolute atomic E-state index is 2.53. The topological polar surface area (TPSA) is 0 Å². The van der Waals surface area contributed by atoms with E-state index in [1.54, 1.807) is 5.56 Å². The number of hydrogen-bond donors (Lipinski definition) is 0. The van der Waals surface area contributed by atoms with Crippen LogP contribution in [0.3, 0.4) is 0 Å². The minimum atomic E-state index is 0.283. The van der Waals surface area contributed by atoms with Gasteiger partial charge in [-0.25, -0.2) is 0 Å². The largest absolute Gasteiger partial charge is 0.118 e. The van der Waals surface area contributed by atoms with E-state index in [-0.39, 0.29) is 5.41 Å². The molecule has 1 aliphatic carbocycles. The molecule has 1 heteroatoms. The zero-order valence-corrected chi connectivity index (χ0v) is 19.0. The standard InChI is InChI=1S/C30H26S/c1-29-16-3-4-17-30(29,2)31-26-15-12-22(18-25(26)29)23-13-10-21-9-8-19-6-5-7-20-11-14-24(23)28(21)27(19)20/h5-15,18H,3-4,16-17H2,1-2H3. The Labute approximate surface area is 188 Å². The molecule has 1 saturated carbocycles. The lowest BCUT2D eigenvalue weighted by Gasteiger charge is -2.45. The molecular formula is C30H26S. The molecule has 2 aliphatic rings. The highest BCUT2D eigenvalue weighted by molar-refractivity contribution is 8.01. The summed E-state index contributed by atoms with van der Waals surface area (Å²) in [5.74, 6) is 0. The molecule has 0 bridgehead atoms. The monoisotopic (exact) mass is 418 g/mol. The summed E-state index contributed by atoms with van der Waals surface area (Å²) >= 11 is 2.14. The van der Waals surface area contributed by atoms with Crippen LogP contribution in [0.1, 0.15) is 45.1 Å². The van der Waals surface area contributed by atoms with Crippen molar-refractivity contribution >= 4 is 44.1 Å². The Hall–Kier alpha value is -2.51. The van der Waals surface area contributed by atoms with Gasteiger partial charge >= 0.3 is 0 Å². The lowest BCUT2D eigenvalue weighted by Crippen LogP contribution is -2.43. The Morgan fingerprint density at radius 2 is 1.42 bits per heavy atom. The smallest absolute Gasteiger partial charge is 0.0273 e. The van der Waals surface area contributed by atoms with Crippen molar-refractivity contribution in [3.63, 3.8) is 0 Å². The molecule has 0 radical (unpaired) electrons. The van der Waals surface area contributed by atoms with Crippen LogP contribution in [0, 0.1) is 0 Å². The maximum Gasteiger partial charge on any atom is 0.0273 e. The molecule has 0 aromatic heterocycles. The first kappa shape index (κ1) is 18.1. The van der Waals surface area contributed by atoms with Gasteiger partial charge in [0.25, 0.3) is 0 Å². The molecular weight excluding hydrogens is 392 g/mol. The van der Waals surface area contributed by atoms with Gasteiger partial charge in [0.15, 0.2) is 0 Å². The van der Waals surface area contributed by atoms with Gasteiger partial charge < -0.3 is 0 Å². The van der Waals surface area contributed by atoms with Crippen molar-refractivity contribution in [2.75, 3.05) is 0 Å². The second-order valence-corrected chi connectivity index (χ2v) is 11.6. The van der Waals surface area contributed by atoms with Gasteiger partial charge in [-0.3, -0.25) is 0 Å². The zero-order chi connectivity index (χ0) is 20.8. The number of rotatable bonds is 1. The molecule has 1 heterocycles. The van der Waals surface area contributed by atoms with E-state index in [1.807, 2.05) is 0 Å². The van der Waals surface area contributed by atoms with E-state index < -0.39 is 0 Å². The first-order valence-corrected chi connectivity index (χ1v) is 12.4. The predicted molar refractivity (Wildman–Crippen MR) is 136 cm³/mol. The highest BCUT2D eigenvalue weighted by atomic mass is 32.2.